The standard InChI is InChI=1S/C16H19FN2/c17-16-4-2-12(7-14(16)8-18)9-19-10-15-6-11-1-3-13(15)5-11/h2,4,7,11,13,15,19H,1,3,5-6,9-10H2. The average Bonchev–Trinajstić information content (AvgIpc) is 3.03. The summed E-state index contributed by atoms with van der Waals surface area (Å²) in [5.41, 5.74) is 1.13. The van der Waals surface area contributed by atoms with Crippen LogP contribution in [-0.2, 0) is 6.54 Å². The summed E-state index contributed by atoms with van der Waals surface area (Å²) in [5, 5.41) is 12.3. The Balaban J connectivity index is 1.51. The first kappa shape index (κ1) is 12.6. The summed E-state index contributed by atoms with van der Waals surface area (Å²) < 4.78 is 13.2. The second kappa shape index (κ2) is 5.30. The maximum absolute atomic E-state index is 13.2. The highest BCUT2D eigenvalue weighted by atomic mass is 19.1. The summed E-state index contributed by atoms with van der Waals surface area (Å²) in [4.78, 5) is 0. The van der Waals surface area contributed by atoms with E-state index in [0.29, 0.717) is 0 Å². The van der Waals surface area contributed by atoms with Crippen molar-refractivity contribution in [3.8, 4) is 6.07 Å². The van der Waals surface area contributed by atoms with E-state index in [9.17, 15) is 4.39 Å². The zero-order valence-corrected chi connectivity index (χ0v) is 11.0. The highest BCUT2D eigenvalue weighted by Crippen LogP contribution is 2.47. The Kier molecular flexibility index (Phi) is 3.52. The van der Waals surface area contributed by atoms with E-state index in [1.165, 1.54) is 31.7 Å². The molecule has 2 bridgehead atoms. The lowest BCUT2D eigenvalue weighted by Crippen LogP contribution is -2.26. The Morgan fingerprint density at radius 2 is 2.21 bits per heavy atom. The molecule has 2 aliphatic carbocycles. The Hall–Kier alpha value is -1.40. The minimum atomic E-state index is -0.431. The van der Waals surface area contributed by atoms with Crippen molar-refractivity contribution in [3.63, 3.8) is 0 Å². The summed E-state index contributed by atoms with van der Waals surface area (Å²) in [5.74, 6) is 2.31. The molecule has 0 spiro atoms. The fraction of sp³-hybridized carbons (Fsp3) is 0.562. The Labute approximate surface area is 113 Å². The van der Waals surface area contributed by atoms with Crippen LogP contribution in [0.3, 0.4) is 0 Å². The second-order valence-electron chi connectivity index (χ2n) is 5.99. The van der Waals surface area contributed by atoms with E-state index in [2.05, 4.69) is 5.32 Å². The Morgan fingerprint density at radius 3 is 2.89 bits per heavy atom. The third-order valence-corrected chi connectivity index (χ3v) is 4.77. The number of benzene rings is 1. The molecule has 0 amide bonds. The fourth-order valence-electron chi connectivity index (χ4n) is 3.80. The van der Waals surface area contributed by atoms with Crippen LogP contribution in [0.25, 0.3) is 0 Å². The quantitative estimate of drug-likeness (QED) is 0.900. The summed E-state index contributed by atoms with van der Waals surface area (Å²) in [6.45, 7) is 1.78. The molecule has 2 fully saturated rings. The molecule has 2 aliphatic rings. The van der Waals surface area contributed by atoms with Crippen LogP contribution in [0.4, 0.5) is 4.39 Å². The van der Waals surface area contributed by atoms with Crippen LogP contribution in [0.1, 0.15) is 36.8 Å². The largest absolute Gasteiger partial charge is 0.312 e. The van der Waals surface area contributed by atoms with Gasteiger partial charge in [0.15, 0.2) is 0 Å². The van der Waals surface area contributed by atoms with Crippen molar-refractivity contribution in [2.45, 2.75) is 32.2 Å². The molecule has 2 saturated carbocycles. The number of hydrogen-bond acceptors (Lipinski definition) is 2. The van der Waals surface area contributed by atoms with Crippen molar-refractivity contribution in [2.75, 3.05) is 6.54 Å². The molecule has 19 heavy (non-hydrogen) atoms. The lowest BCUT2D eigenvalue weighted by Gasteiger charge is -2.21. The number of nitrogens with one attached hydrogen (secondary N) is 1. The Morgan fingerprint density at radius 1 is 1.32 bits per heavy atom. The predicted octanol–water partition coefficient (Wildman–Crippen LogP) is 3.22. The van der Waals surface area contributed by atoms with Crippen molar-refractivity contribution < 1.29 is 4.39 Å². The molecule has 1 aromatic rings. The van der Waals surface area contributed by atoms with Crippen molar-refractivity contribution >= 4 is 0 Å². The molecule has 2 nitrogen and oxygen atoms in total. The lowest BCUT2D eigenvalue weighted by atomic mass is 9.89. The molecule has 0 aromatic heterocycles. The van der Waals surface area contributed by atoms with E-state index in [4.69, 9.17) is 5.26 Å². The summed E-state index contributed by atoms with van der Waals surface area (Å²) in [6, 6.07) is 6.66. The van der Waals surface area contributed by atoms with Crippen LogP contribution in [0, 0.1) is 34.9 Å². The summed E-state index contributed by atoms with van der Waals surface area (Å²) >= 11 is 0. The average molecular weight is 258 g/mol. The van der Waals surface area contributed by atoms with Crippen molar-refractivity contribution in [2.24, 2.45) is 17.8 Å². The third kappa shape index (κ3) is 2.64. The van der Waals surface area contributed by atoms with Gasteiger partial charge in [-0.15, -0.1) is 0 Å². The minimum Gasteiger partial charge on any atom is -0.312 e. The predicted molar refractivity (Wildman–Crippen MR) is 71.8 cm³/mol. The molecule has 3 unspecified atom stereocenters. The van der Waals surface area contributed by atoms with Gasteiger partial charge in [0.25, 0.3) is 0 Å². The van der Waals surface area contributed by atoms with Crippen LogP contribution in [0.5, 0.6) is 0 Å². The lowest BCUT2D eigenvalue weighted by molar-refractivity contribution is 0.318. The van der Waals surface area contributed by atoms with E-state index >= 15 is 0 Å². The van der Waals surface area contributed by atoms with Gasteiger partial charge in [0.05, 0.1) is 5.56 Å². The molecule has 0 heterocycles. The number of hydrogen-bond donors (Lipinski definition) is 1. The number of halogens is 1. The topological polar surface area (TPSA) is 35.8 Å². The van der Waals surface area contributed by atoms with E-state index in [1.54, 1.807) is 12.1 Å². The molecular weight excluding hydrogens is 239 g/mol. The van der Waals surface area contributed by atoms with Gasteiger partial charge in [0.2, 0.25) is 0 Å². The van der Waals surface area contributed by atoms with E-state index < -0.39 is 5.82 Å². The molecule has 1 N–H and O–H groups in total. The number of nitrogens with zero attached hydrogens (tertiary/aromatic N) is 1. The monoisotopic (exact) mass is 258 g/mol. The Bertz CT molecular complexity index is 506. The molecule has 0 radical (unpaired) electrons. The van der Waals surface area contributed by atoms with Crippen molar-refractivity contribution in [3.05, 3.63) is 35.1 Å². The molecule has 1 aromatic carbocycles. The SMILES string of the molecule is N#Cc1cc(CNCC2CC3CCC2C3)ccc1F. The zero-order chi connectivity index (χ0) is 13.2. The molecule has 3 rings (SSSR count). The van der Waals surface area contributed by atoms with E-state index in [1.807, 2.05) is 6.07 Å². The fourth-order valence-corrected chi connectivity index (χ4v) is 3.80. The highest BCUT2D eigenvalue weighted by Gasteiger charge is 2.38. The van der Waals surface area contributed by atoms with Crippen LogP contribution in [0.2, 0.25) is 0 Å². The number of nitriles is 1. The van der Waals surface area contributed by atoms with Gasteiger partial charge in [-0.2, -0.15) is 5.26 Å². The first-order chi connectivity index (χ1) is 9.26. The van der Waals surface area contributed by atoms with Gasteiger partial charge in [-0.1, -0.05) is 12.5 Å². The van der Waals surface area contributed by atoms with Crippen LogP contribution >= 0.6 is 0 Å². The number of rotatable bonds is 4. The second-order valence-corrected chi connectivity index (χ2v) is 5.99. The van der Waals surface area contributed by atoms with Crippen molar-refractivity contribution in [1.29, 1.82) is 5.26 Å². The molecule has 100 valence electrons. The van der Waals surface area contributed by atoms with Gasteiger partial charge < -0.3 is 5.32 Å². The van der Waals surface area contributed by atoms with Crippen LogP contribution in [0.15, 0.2) is 18.2 Å². The summed E-state index contributed by atoms with van der Waals surface area (Å²) in [7, 11) is 0. The van der Waals surface area contributed by atoms with Crippen LogP contribution in [-0.4, -0.2) is 6.54 Å². The van der Waals surface area contributed by atoms with Crippen molar-refractivity contribution in [1.82, 2.24) is 5.32 Å². The smallest absolute Gasteiger partial charge is 0.140 e. The highest BCUT2D eigenvalue weighted by molar-refractivity contribution is 5.34. The zero-order valence-electron chi connectivity index (χ0n) is 11.0. The van der Waals surface area contributed by atoms with E-state index in [0.717, 1.165) is 36.4 Å². The number of fused-ring (bicyclic) bond motifs is 2. The van der Waals surface area contributed by atoms with Gasteiger partial charge in [-0.3, -0.25) is 0 Å². The molecule has 0 saturated heterocycles. The normalized spacial score (nSPS) is 28.5. The molecule has 3 heteroatoms. The van der Waals surface area contributed by atoms with Gasteiger partial charge >= 0.3 is 0 Å². The molecular formula is C16H19FN2. The summed E-state index contributed by atoms with van der Waals surface area (Å²) in [6.07, 6.45) is 5.66. The van der Waals surface area contributed by atoms with Gasteiger partial charge in [0.1, 0.15) is 11.9 Å². The van der Waals surface area contributed by atoms with Gasteiger partial charge in [-0.05, 0) is 61.3 Å². The third-order valence-electron chi connectivity index (χ3n) is 4.77. The van der Waals surface area contributed by atoms with Gasteiger partial charge in [-0.25, -0.2) is 4.39 Å². The maximum Gasteiger partial charge on any atom is 0.140 e. The van der Waals surface area contributed by atoms with E-state index in [-0.39, 0.29) is 5.56 Å². The van der Waals surface area contributed by atoms with Crippen LogP contribution < -0.4 is 5.32 Å². The first-order valence-electron chi connectivity index (χ1n) is 7.15. The van der Waals surface area contributed by atoms with Gasteiger partial charge in [0, 0.05) is 6.54 Å². The minimum absolute atomic E-state index is 0.138. The molecule has 3 atom stereocenters. The first-order valence-corrected chi connectivity index (χ1v) is 7.15. The molecule has 0 aliphatic heterocycles. The maximum atomic E-state index is 13.2.